The van der Waals surface area contributed by atoms with Gasteiger partial charge >= 0.3 is 0 Å². The van der Waals surface area contributed by atoms with Gasteiger partial charge in [-0.05, 0) is 39.0 Å². The van der Waals surface area contributed by atoms with Crippen molar-refractivity contribution < 1.29 is 0 Å². The van der Waals surface area contributed by atoms with E-state index in [0.29, 0.717) is 0 Å². The van der Waals surface area contributed by atoms with Crippen molar-refractivity contribution in [2.45, 2.75) is 52.5 Å². The van der Waals surface area contributed by atoms with Crippen molar-refractivity contribution in [3.8, 4) is 11.4 Å². The van der Waals surface area contributed by atoms with Crippen LogP contribution in [0.1, 0.15) is 44.4 Å². The van der Waals surface area contributed by atoms with E-state index in [9.17, 15) is 0 Å². The molecule has 2 aromatic heterocycles. The number of fused-ring (bicyclic) bond motifs is 1. The summed E-state index contributed by atoms with van der Waals surface area (Å²) in [5.74, 6) is 1.81. The molecule has 3 rings (SSSR count). The zero-order valence-electron chi connectivity index (χ0n) is 12.9. The number of nitrogens with zero attached hydrogens (tertiary/aromatic N) is 4. The Morgan fingerprint density at radius 1 is 1.19 bits per heavy atom. The van der Waals surface area contributed by atoms with E-state index in [2.05, 4.69) is 24.3 Å². The van der Waals surface area contributed by atoms with Gasteiger partial charge in [-0.2, -0.15) is 5.10 Å². The topological polar surface area (TPSA) is 55.6 Å². The van der Waals surface area contributed by atoms with E-state index in [-0.39, 0.29) is 0 Å². The summed E-state index contributed by atoms with van der Waals surface area (Å²) in [5.41, 5.74) is 3.54. The van der Waals surface area contributed by atoms with Gasteiger partial charge in [-0.1, -0.05) is 6.92 Å². The summed E-state index contributed by atoms with van der Waals surface area (Å²) in [4.78, 5) is 9.54. The van der Waals surface area contributed by atoms with Crippen molar-refractivity contribution in [3.05, 3.63) is 23.7 Å². The van der Waals surface area contributed by atoms with Crippen molar-refractivity contribution in [2.24, 2.45) is 0 Å². The van der Waals surface area contributed by atoms with Gasteiger partial charge < -0.3 is 5.32 Å². The lowest BCUT2D eigenvalue weighted by Crippen LogP contribution is -2.13. The molecule has 1 aliphatic rings. The highest BCUT2D eigenvalue weighted by Gasteiger charge is 2.18. The molecule has 5 nitrogen and oxygen atoms in total. The van der Waals surface area contributed by atoms with Crippen LogP contribution in [0.5, 0.6) is 0 Å². The number of rotatable bonds is 5. The van der Waals surface area contributed by atoms with Crippen molar-refractivity contribution >= 4 is 5.82 Å². The van der Waals surface area contributed by atoms with Crippen LogP contribution >= 0.6 is 0 Å². The minimum atomic E-state index is 0.800. The number of aromatic nitrogens is 4. The molecule has 2 aromatic rings. The summed E-state index contributed by atoms with van der Waals surface area (Å²) < 4.78 is 1.96. The molecular weight excluding hydrogens is 262 g/mol. The second kappa shape index (κ2) is 6.24. The van der Waals surface area contributed by atoms with Crippen molar-refractivity contribution in [1.82, 2.24) is 19.7 Å². The van der Waals surface area contributed by atoms with E-state index in [1.165, 1.54) is 24.1 Å². The summed E-state index contributed by atoms with van der Waals surface area (Å²) in [5, 5.41) is 7.79. The molecule has 2 heterocycles. The first-order chi connectivity index (χ1) is 10.3. The van der Waals surface area contributed by atoms with Crippen molar-refractivity contribution in [2.75, 3.05) is 11.9 Å². The molecule has 0 amide bonds. The van der Waals surface area contributed by atoms with Gasteiger partial charge in [0.25, 0.3) is 0 Å². The van der Waals surface area contributed by atoms with E-state index < -0.39 is 0 Å². The molecule has 0 bridgehead atoms. The van der Waals surface area contributed by atoms with Crippen LogP contribution < -0.4 is 5.32 Å². The van der Waals surface area contributed by atoms with Gasteiger partial charge in [0.2, 0.25) is 0 Å². The molecule has 0 fully saturated rings. The number of anilines is 1. The van der Waals surface area contributed by atoms with E-state index in [1.54, 1.807) is 0 Å². The first-order valence-corrected chi connectivity index (χ1v) is 7.98. The van der Waals surface area contributed by atoms with Gasteiger partial charge in [0.1, 0.15) is 5.82 Å². The van der Waals surface area contributed by atoms with Gasteiger partial charge in [-0.3, -0.25) is 4.68 Å². The molecule has 0 unspecified atom stereocenters. The quantitative estimate of drug-likeness (QED) is 0.917. The summed E-state index contributed by atoms with van der Waals surface area (Å²) in [6.45, 7) is 6.08. The van der Waals surface area contributed by atoms with Gasteiger partial charge in [0.05, 0.1) is 11.8 Å². The maximum absolute atomic E-state index is 4.80. The third-order valence-electron chi connectivity index (χ3n) is 3.87. The largest absolute Gasteiger partial charge is 0.370 e. The maximum atomic E-state index is 4.80. The Morgan fingerprint density at radius 3 is 2.86 bits per heavy atom. The van der Waals surface area contributed by atoms with Crippen LogP contribution in [-0.4, -0.2) is 26.3 Å². The SMILES string of the molecule is CCCn1cc(-c2nc3c(c(NCC)n2)CCCC3)cn1. The average Bonchev–Trinajstić information content (AvgIpc) is 2.96. The van der Waals surface area contributed by atoms with Gasteiger partial charge in [-0.15, -0.1) is 0 Å². The Labute approximate surface area is 125 Å². The van der Waals surface area contributed by atoms with Gasteiger partial charge in [0.15, 0.2) is 5.82 Å². The molecule has 0 aliphatic heterocycles. The fourth-order valence-corrected chi connectivity index (χ4v) is 2.87. The molecule has 112 valence electrons. The predicted molar refractivity (Wildman–Crippen MR) is 84.3 cm³/mol. The summed E-state index contributed by atoms with van der Waals surface area (Å²) in [7, 11) is 0. The summed E-state index contributed by atoms with van der Waals surface area (Å²) in [6, 6.07) is 0. The Bertz CT molecular complexity index is 617. The first-order valence-electron chi connectivity index (χ1n) is 7.98. The molecule has 0 radical (unpaired) electrons. The number of hydrogen-bond donors (Lipinski definition) is 1. The van der Waals surface area contributed by atoms with Crippen LogP contribution in [0.2, 0.25) is 0 Å². The molecule has 21 heavy (non-hydrogen) atoms. The molecule has 0 atom stereocenters. The molecule has 1 aliphatic carbocycles. The standard InChI is InChI=1S/C16H23N5/c1-3-9-21-11-12(10-18-21)15-19-14-8-6-5-7-13(14)16(20-15)17-4-2/h10-11H,3-9H2,1-2H3,(H,17,19,20). The molecule has 0 saturated carbocycles. The molecule has 0 aromatic carbocycles. The molecule has 1 N–H and O–H groups in total. The zero-order chi connectivity index (χ0) is 14.7. The normalized spacial score (nSPS) is 14.0. The summed E-state index contributed by atoms with van der Waals surface area (Å²) in [6.07, 6.45) is 9.61. The first kappa shape index (κ1) is 14.0. The third kappa shape index (κ3) is 2.91. The maximum Gasteiger partial charge on any atom is 0.164 e. The molecular formula is C16H23N5. The lowest BCUT2D eigenvalue weighted by Gasteiger charge is -2.19. The lowest BCUT2D eigenvalue weighted by atomic mass is 9.96. The second-order valence-corrected chi connectivity index (χ2v) is 5.55. The lowest BCUT2D eigenvalue weighted by molar-refractivity contribution is 0.603. The third-order valence-corrected chi connectivity index (χ3v) is 3.87. The van der Waals surface area contributed by atoms with Crippen LogP contribution in [-0.2, 0) is 19.4 Å². The zero-order valence-corrected chi connectivity index (χ0v) is 12.9. The van der Waals surface area contributed by atoms with Crippen molar-refractivity contribution in [3.63, 3.8) is 0 Å². The average molecular weight is 285 g/mol. The minimum absolute atomic E-state index is 0.800. The number of aryl methyl sites for hydroxylation is 2. The predicted octanol–water partition coefficient (Wildman–Crippen LogP) is 3.06. The van der Waals surface area contributed by atoms with Crippen LogP contribution in [0.3, 0.4) is 0 Å². The Balaban J connectivity index is 1.99. The molecule has 0 spiro atoms. The van der Waals surface area contributed by atoms with Crippen LogP contribution in [0.15, 0.2) is 12.4 Å². The fraction of sp³-hybridized carbons (Fsp3) is 0.562. The minimum Gasteiger partial charge on any atom is -0.370 e. The Kier molecular flexibility index (Phi) is 4.18. The van der Waals surface area contributed by atoms with Crippen LogP contribution in [0.25, 0.3) is 11.4 Å². The molecule has 5 heteroatoms. The Hall–Kier alpha value is -1.91. The smallest absolute Gasteiger partial charge is 0.164 e. The van der Waals surface area contributed by atoms with E-state index in [0.717, 1.165) is 49.6 Å². The summed E-state index contributed by atoms with van der Waals surface area (Å²) >= 11 is 0. The second-order valence-electron chi connectivity index (χ2n) is 5.55. The highest BCUT2D eigenvalue weighted by molar-refractivity contribution is 5.59. The molecule has 0 saturated heterocycles. The van der Waals surface area contributed by atoms with Crippen LogP contribution in [0.4, 0.5) is 5.82 Å². The Morgan fingerprint density at radius 2 is 2.05 bits per heavy atom. The van der Waals surface area contributed by atoms with Crippen molar-refractivity contribution in [1.29, 1.82) is 0 Å². The highest BCUT2D eigenvalue weighted by atomic mass is 15.3. The number of hydrogen-bond acceptors (Lipinski definition) is 4. The van der Waals surface area contributed by atoms with E-state index in [4.69, 9.17) is 9.97 Å². The van der Waals surface area contributed by atoms with Gasteiger partial charge in [0, 0.05) is 30.5 Å². The van der Waals surface area contributed by atoms with E-state index in [1.807, 2.05) is 17.1 Å². The monoisotopic (exact) mass is 285 g/mol. The fourth-order valence-electron chi connectivity index (χ4n) is 2.87. The van der Waals surface area contributed by atoms with Gasteiger partial charge in [-0.25, -0.2) is 9.97 Å². The van der Waals surface area contributed by atoms with E-state index >= 15 is 0 Å². The van der Waals surface area contributed by atoms with Crippen LogP contribution in [0, 0.1) is 0 Å². The highest BCUT2D eigenvalue weighted by Crippen LogP contribution is 2.28. The number of nitrogens with one attached hydrogen (secondary N) is 1.